The molecule has 5 N–H and O–H groups in total. The van der Waals surface area contributed by atoms with Gasteiger partial charge in [0.2, 0.25) is 5.91 Å². The molecule has 2 heterocycles. The van der Waals surface area contributed by atoms with Crippen LogP contribution in [0.15, 0.2) is 27.8 Å². The monoisotopic (exact) mass is 290 g/mol. The fourth-order valence-electron chi connectivity index (χ4n) is 2.27. The fraction of sp³-hybridized carbons (Fsp3) is 0.308. The Kier molecular flexibility index (Phi) is 3.32. The highest BCUT2D eigenvalue weighted by atomic mass is 16.5. The number of hydrogen-bond donors (Lipinski definition) is 4. The van der Waals surface area contributed by atoms with E-state index in [0.717, 1.165) is 0 Å². The molecule has 110 valence electrons. The van der Waals surface area contributed by atoms with Crippen LogP contribution in [-0.2, 0) is 9.53 Å². The van der Waals surface area contributed by atoms with Crippen LogP contribution in [0.5, 0.6) is 0 Å². The topological polar surface area (TPSA) is 130 Å². The molecule has 0 radical (unpaired) electrons. The summed E-state index contributed by atoms with van der Waals surface area (Å²) in [7, 11) is 0. The first kappa shape index (κ1) is 13.5. The van der Waals surface area contributed by atoms with Crippen LogP contribution in [0, 0.1) is 5.92 Å². The van der Waals surface area contributed by atoms with Crippen LogP contribution in [0.3, 0.4) is 0 Å². The van der Waals surface area contributed by atoms with Gasteiger partial charge in [0, 0.05) is 11.7 Å². The summed E-state index contributed by atoms with van der Waals surface area (Å²) in [6.45, 7) is 0.662. The van der Waals surface area contributed by atoms with E-state index in [1.807, 2.05) is 0 Å². The van der Waals surface area contributed by atoms with Crippen molar-refractivity contribution < 1.29 is 9.53 Å². The highest BCUT2D eigenvalue weighted by Gasteiger charge is 2.31. The van der Waals surface area contributed by atoms with Crippen molar-refractivity contribution >= 4 is 22.6 Å². The van der Waals surface area contributed by atoms with E-state index >= 15 is 0 Å². The summed E-state index contributed by atoms with van der Waals surface area (Å²) in [5.41, 5.74) is 5.76. The molecule has 1 saturated heterocycles. The maximum atomic E-state index is 12.1. The van der Waals surface area contributed by atoms with Crippen molar-refractivity contribution in [2.75, 3.05) is 18.5 Å². The predicted octanol–water partition coefficient (Wildman–Crippen LogP) is -0.871. The van der Waals surface area contributed by atoms with E-state index in [4.69, 9.17) is 10.5 Å². The van der Waals surface area contributed by atoms with Crippen LogP contribution in [0.2, 0.25) is 0 Å². The minimum atomic E-state index is -0.739. The summed E-state index contributed by atoms with van der Waals surface area (Å²) in [6, 6.07) is 4.50. The van der Waals surface area contributed by atoms with Crippen LogP contribution >= 0.6 is 0 Å². The van der Waals surface area contributed by atoms with Gasteiger partial charge in [0.15, 0.2) is 0 Å². The van der Waals surface area contributed by atoms with E-state index in [-0.39, 0.29) is 11.9 Å². The average Bonchev–Trinajstić information content (AvgIpc) is 2.87. The molecule has 2 aromatic rings. The molecule has 8 nitrogen and oxygen atoms in total. The third kappa shape index (κ3) is 2.58. The molecule has 1 aromatic heterocycles. The molecule has 1 fully saturated rings. The highest BCUT2D eigenvalue weighted by Crippen LogP contribution is 2.17. The maximum Gasteiger partial charge on any atom is 0.314 e. The van der Waals surface area contributed by atoms with E-state index < -0.39 is 17.0 Å². The number of ether oxygens (including phenoxy) is 1. The maximum absolute atomic E-state index is 12.1. The molecule has 1 amide bonds. The van der Waals surface area contributed by atoms with Gasteiger partial charge in [-0.25, -0.2) is 0 Å². The molecule has 1 aliphatic heterocycles. The van der Waals surface area contributed by atoms with Gasteiger partial charge >= 0.3 is 11.1 Å². The van der Waals surface area contributed by atoms with Crippen molar-refractivity contribution in [3.05, 3.63) is 38.9 Å². The largest absolute Gasteiger partial charge is 0.379 e. The number of anilines is 1. The van der Waals surface area contributed by atoms with Crippen molar-refractivity contribution in [3.8, 4) is 0 Å². The Labute approximate surface area is 118 Å². The number of aromatic amines is 2. The molecule has 0 bridgehead atoms. The van der Waals surface area contributed by atoms with E-state index in [9.17, 15) is 14.4 Å². The molecule has 21 heavy (non-hydrogen) atoms. The summed E-state index contributed by atoms with van der Waals surface area (Å²) in [4.78, 5) is 39.5. The molecule has 3 rings (SSSR count). The minimum Gasteiger partial charge on any atom is -0.379 e. The number of rotatable bonds is 2. The van der Waals surface area contributed by atoms with Crippen molar-refractivity contribution in [3.63, 3.8) is 0 Å². The number of fused-ring (bicyclic) bond motifs is 1. The van der Waals surface area contributed by atoms with Gasteiger partial charge in [-0.1, -0.05) is 0 Å². The molecule has 0 saturated carbocycles. The quantitative estimate of drug-likeness (QED) is 0.534. The Morgan fingerprint density at radius 3 is 2.57 bits per heavy atom. The second-order valence-electron chi connectivity index (χ2n) is 4.97. The van der Waals surface area contributed by atoms with Crippen LogP contribution in [0.4, 0.5) is 5.69 Å². The number of amides is 1. The number of nitrogens with one attached hydrogen (secondary N) is 3. The summed E-state index contributed by atoms with van der Waals surface area (Å²) in [5, 5.41) is 2.73. The molecular formula is C13H14N4O4. The lowest BCUT2D eigenvalue weighted by Gasteiger charge is -2.13. The Morgan fingerprint density at radius 2 is 1.90 bits per heavy atom. The van der Waals surface area contributed by atoms with Crippen molar-refractivity contribution in [1.29, 1.82) is 0 Å². The highest BCUT2D eigenvalue weighted by molar-refractivity contribution is 5.95. The lowest BCUT2D eigenvalue weighted by atomic mass is 10.0. The van der Waals surface area contributed by atoms with Gasteiger partial charge in [0.1, 0.15) is 0 Å². The smallest absolute Gasteiger partial charge is 0.314 e. The average molecular weight is 290 g/mol. The first-order chi connectivity index (χ1) is 10.0. The lowest BCUT2D eigenvalue weighted by molar-refractivity contribution is -0.120. The molecule has 0 spiro atoms. The van der Waals surface area contributed by atoms with Crippen LogP contribution in [0.25, 0.3) is 11.0 Å². The van der Waals surface area contributed by atoms with Gasteiger partial charge in [0.25, 0.3) is 0 Å². The molecule has 2 atom stereocenters. The molecule has 1 aromatic carbocycles. The third-order valence-corrected chi connectivity index (χ3v) is 3.45. The zero-order valence-electron chi connectivity index (χ0n) is 11.0. The second kappa shape index (κ2) is 5.15. The van der Waals surface area contributed by atoms with E-state index in [0.29, 0.717) is 29.9 Å². The predicted molar refractivity (Wildman–Crippen MR) is 76.1 cm³/mol. The van der Waals surface area contributed by atoms with Gasteiger partial charge in [-0.3, -0.25) is 14.4 Å². The normalized spacial score (nSPS) is 21.6. The molecule has 0 aliphatic carbocycles. The number of carbonyl (C=O) groups excluding carboxylic acids is 1. The van der Waals surface area contributed by atoms with Gasteiger partial charge in [-0.05, 0) is 18.2 Å². The number of nitrogens with two attached hydrogens (primary N) is 1. The standard InChI is InChI=1S/C13H14N4O4/c14-8-5-21-4-7(8)11(18)15-6-1-2-9-10(3-6)17-13(20)12(19)16-9/h1-3,7-8H,4-5,14H2,(H,15,18)(H,16,19)(H,17,20). The van der Waals surface area contributed by atoms with E-state index in [1.54, 1.807) is 18.2 Å². The number of carbonyl (C=O) groups is 1. The minimum absolute atomic E-state index is 0.230. The van der Waals surface area contributed by atoms with E-state index in [1.165, 1.54) is 0 Å². The third-order valence-electron chi connectivity index (χ3n) is 3.45. The van der Waals surface area contributed by atoms with Crippen LogP contribution < -0.4 is 22.2 Å². The number of benzene rings is 1. The molecular weight excluding hydrogens is 276 g/mol. The molecule has 2 unspecified atom stereocenters. The van der Waals surface area contributed by atoms with E-state index in [2.05, 4.69) is 15.3 Å². The molecule has 1 aliphatic rings. The zero-order chi connectivity index (χ0) is 15.0. The molecule has 8 heteroatoms. The SMILES string of the molecule is NC1COCC1C(=O)Nc1ccc2[nH]c(=O)c(=O)[nH]c2c1. The van der Waals surface area contributed by atoms with Crippen LogP contribution in [0.1, 0.15) is 0 Å². The Balaban J connectivity index is 1.87. The first-order valence-electron chi connectivity index (χ1n) is 6.45. The van der Waals surface area contributed by atoms with Crippen molar-refractivity contribution in [1.82, 2.24) is 9.97 Å². The zero-order valence-corrected chi connectivity index (χ0v) is 11.0. The number of H-pyrrole nitrogens is 2. The lowest BCUT2D eigenvalue weighted by Crippen LogP contribution is -2.37. The Hall–Kier alpha value is -2.45. The van der Waals surface area contributed by atoms with Crippen LogP contribution in [-0.4, -0.2) is 35.1 Å². The van der Waals surface area contributed by atoms with Gasteiger partial charge in [0.05, 0.1) is 30.2 Å². The summed E-state index contributed by atoms with van der Waals surface area (Å²) in [6.07, 6.45) is 0. The van der Waals surface area contributed by atoms with Gasteiger partial charge in [-0.2, -0.15) is 0 Å². The van der Waals surface area contributed by atoms with Crippen molar-refractivity contribution in [2.24, 2.45) is 11.7 Å². The van der Waals surface area contributed by atoms with Gasteiger partial charge < -0.3 is 25.8 Å². The second-order valence-corrected chi connectivity index (χ2v) is 4.97. The fourth-order valence-corrected chi connectivity index (χ4v) is 2.27. The Morgan fingerprint density at radius 1 is 1.19 bits per heavy atom. The summed E-state index contributed by atoms with van der Waals surface area (Å²) < 4.78 is 5.15. The first-order valence-corrected chi connectivity index (χ1v) is 6.45. The number of hydrogen-bond acceptors (Lipinski definition) is 5. The summed E-state index contributed by atoms with van der Waals surface area (Å²) >= 11 is 0. The summed E-state index contributed by atoms with van der Waals surface area (Å²) in [5.74, 6) is -0.624. The van der Waals surface area contributed by atoms with Gasteiger partial charge in [-0.15, -0.1) is 0 Å². The van der Waals surface area contributed by atoms with Crippen molar-refractivity contribution in [2.45, 2.75) is 6.04 Å². The Bertz CT molecular complexity index is 810. The number of aromatic nitrogens is 2.